The number of ether oxygens (including phenoxy) is 1. The fourth-order valence-corrected chi connectivity index (χ4v) is 3.39. The van der Waals surface area contributed by atoms with E-state index >= 15 is 0 Å². The van der Waals surface area contributed by atoms with Gasteiger partial charge in [-0.05, 0) is 39.8 Å². The van der Waals surface area contributed by atoms with Gasteiger partial charge in [-0.15, -0.1) is 11.3 Å². The Balaban J connectivity index is 1.98. The molecule has 0 spiro atoms. The van der Waals surface area contributed by atoms with Crippen LogP contribution < -0.4 is 10.6 Å². The molecular weight excluding hydrogens is 258 g/mol. The highest BCUT2D eigenvalue weighted by Gasteiger charge is 2.34. The van der Waals surface area contributed by atoms with E-state index in [1.54, 1.807) is 18.4 Å². The predicted molar refractivity (Wildman–Crippen MR) is 79.6 cm³/mol. The molecule has 2 N–H and O–H groups in total. The van der Waals surface area contributed by atoms with E-state index in [-0.39, 0.29) is 11.0 Å². The molecule has 0 bridgehead atoms. The van der Waals surface area contributed by atoms with Crippen molar-refractivity contribution in [3.63, 3.8) is 0 Å². The number of piperidine rings is 1. The fraction of sp³-hybridized carbons (Fsp3) is 0.786. The summed E-state index contributed by atoms with van der Waals surface area (Å²) >= 11 is 1.71. The van der Waals surface area contributed by atoms with Gasteiger partial charge >= 0.3 is 0 Å². The summed E-state index contributed by atoms with van der Waals surface area (Å²) in [4.78, 5) is 4.43. The van der Waals surface area contributed by atoms with Gasteiger partial charge in [0.2, 0.25) is 0 Å². The average molecular weight is 283 g/mol. The molecule has 1 aliphatic rings. The van der Waals surface area contributed by atoms with Crippen molar-refractivity contribution < 1.29 is 4.74 Å². The van der Waals surface area contributed by atoms with Crippen LogP contribution in [0, 0.1) is 5.41 Å². The largest absolute Gasteiger partial charge is 0.384 e. The zero-order valence-corrected chi connectivity index (χ0v) is 13.0. The molecular formula is C14H25N3OS. The van der Waals surface area contributed by atoms with E-state index in [0.29, 0.717) is 0 Å². The summed E-state index contributed by atoms with van der Waals surface area (Å²) in [5, 5.41) is 10.3. The second-order valence-corrected chi connectivity index (χ2v) is 6.89. The minimum atomic E-state index is -0.0697. The predicted octanol–water partition coefficient (Wildman–Crippen LogP) is 1.98. The Morgan fingerprint density at radius 1 is 1.47 bits per heavy atom. The smallest absolute Gasteiger partial charge is 0.112 e. The van der Waals surface area contributed by atoms with Crippen LogP contribution in [0.2, 0.25) is 0 Å². The zero-order valence-electron chi connectivity index (χ0n) is 12.2. The summed E-state index contributed by atoms with van der Waals surface area (Å²) in [6, 6.07) is 0. The van der Waals surface area contributed by atoms with Crippen LogP contribution in [0.1, 0.15) is 31.7 Å². The van der Waals surface area contributed by atoms with Gasteiger partial charge in [-0.3, -0.25) is 0 Å². The van der Waals surface area contributed by atoms with Crippen molar-refractivity contribution >= 4 is 11.3 Å². The van der Waals surface area contributed by atoms with Crippen LogP contribution in [0.4, 0.5) is 0 Å². The molecule has 0 aromatic carbocycles. The summed E-state index contributed by atoms with van der Waals surface area (Å²) in [5.41, 5.74) is 0.189. The third-order valence-corrected chi connectivity index (χ3v) is 5.08. The molecule has 1 fully saturated rings. The van der Waals surface area contributed by atoms with Crippen LogP contribution in [0.3, 0.4) is 0 Å². The average Bonchev–Trinajstić information content (AvgIpc) is 2.93. The van der Waals surface area contributed by atoms with Gasteiger partial charge in [-0.25, -0.2) is 4.98 Å². The molecule has 0 aliphatic carbocycles. The normalized spacial score (nSPS) is 19.5. The number of methoxy groups -OCH3 is 1. The Bertz CT molecular complexity index is 367. The number of hydrogen-bond acceptors (Lipinski definition) is 5. The Morgan fingerprint density at radius 3 is 2.79 bits per heavy atom. The van der Waals surface area contributed by atoms with Crippen molar-refractivity contribution in [2.75, 3.05) is 33.4 Å². The van der Waals surface area contributed by atoms with Gasteiger partial charge in [-0.2, -0.15) is 0 Å². The van der Waals surface area contributed by atoms with Crippen LogP contribution in [-0.4, -0.2) is 38.3 Å². The van der Waals surface area contributed by atoms with Gasteiger partial charge in [0.15, 0.2) is 0 Å². The molecule has 0 unspecified atom stereocenters. The maximum Gasteiger partial charge on any atom is 0.112 e. The first-order valence-electron chi connectivity index (χ1n) is 6.93. The summed E-state index contributed by atoms with van der Waals surface area (Å²) in [7, 11) is 1.80. The Labute approximate surface area is 120 Å². The third-order valence-electron chi connectivity index (χ3n) is 3.99. The molecule has 108 valence electrons. The number of nitrogens with zero attached hydrogens (tertiary/aromatic N) is 1. The first kappa shape index (κ1) is 14.9. The van der Waals surface area contributed by atoms with Crippen molar-refractivity contribution in [2.24, 2.45) is 5.41 Å². The molecule has 5 heteroatoms. The zero-order chi connectivity index (χ0) is 13.8. The maximum atomic E-state index is 5.46. The van der Waals surface area contributed by atoms with Crippen LogP contribution >= 0.6 is 11.3 Å². The van der Waals surface area contributed by atoms with Crippen molar-refractivity contribution in [1.29, 1.82) is 0 Å². The molecule has 0 saturated carbocycles. The molecule has 0 atom stereocenters. The van der Waals surface area contributed by atoms with Crippen molar-refractivity contribution in [1.82, 2.24) is 15.6 Å². The minimum Gasteiger partial charge on any atom is -0.384 e. The number of nitrogens with one attached hydrogen (secondary N) is 2. The Kier molecular flexibility index (Phi) is 4.95. The number of aromatic nitrogens is 1. The first-order chi connectivity index (χ1) is 9.08. The lowest BCUT2D eigenvalue weighted by atomic mass is 9.79. The van der Waals surface area contributed by atoms with E-state index in [4.69, 9.17) is 4.74 Å². The number of hydrogen-bond donors (Lipinski definition) is 2. The molecule has 1 saturated heterocycles. The van der Waals surface area contributed by atoms with Gasteiger partial charge in [0.25, 0.3) is 0 Å². The number of rotatable bonds is 6. The van der Waals surface area contributed by atoms with Gasteiger partial charge in [0.1, 0.15) is 5.01 Å². The highest BCUT2D eigenvalue weighted by Crippen LogP contribution is 2.30. The molecule has 0 amide bonds. The highest BCUT2D eigenvalue weighted by atomic mass is 32.1. The fourth-order valence-electron chi connectivity index (χ4n) is 2.65. The van der Waals surface area contributed by atoms with Crippen LogP contribution in [-0.2, 0) is 10.3 Å². The van der Waals surface area contributed by atoms with E-state index in [9.17, 15) is 0 Å². The SMILES string of the molecule is COCC1(CNC(C)(C)c2nccs2)CCNCC1. The Morgan fingerprint density at radius 2 is 2.21 bits per heavy atom. The monoisotopic (exact) mass is 283 g/mol. The third kappa shape index (κ3) is 3.75. The Hall–Kier alpha value is -0.490. The van der Waals surface area contributed by atoms with E-state index in [1.165, 1.54) is 12.8 Å². The standard InChI is InChI=1S/C14H25N3OS/c1-13(2,12-16-8-9-19-12)17-10-14(11-18-3)4-6-15-7-5-14/h8-9,15,17H,4-7,10-11H2,1-3H3. The van der Waals surface area contributed by atoms with Gasteiger partial charge in [0, 0.05) is 30.6 Å². The molecule has 2 heterocycles. The molecule has 4 nitrogen and oxygen atoms in total. The summed E-state index contributed by atoms with van der Waals surface area (Å²) in [6.07, 6.45) is 4.21. The van der Waals surface area contributed by atoms with Gasteiger partial charge in [-0.1, -0.05) is 0 Å². The van der Waals surface area contributed by atoms with Crippen molar-refractivity contribution in [3.05, 3.63) is 16.6 Å². The van der Waals surface area contributed by atoms with E-state index in [0.717, 1.165) is 31.2 Å². The second kappa shape index (κ2) is 6.31. The summed E-state index contributed by atoms with van der Waals surface area (Å²) in [6.45, 7) is 8.39. The second-order valence-electron chi connectivity index (χ2n) is 6.00. The maximum absolute atomic E-state index is 5.46. The van der Waals surface area contributed by atoms with Crippen LogP contribution in [0.25, 0.3) is 0 Å². The quantitative estimate of drug-likeness (QED) is 0.838. The molecule has 19 heavy (non-hydrogen) atoms. The summed E-state index contributed by atoms with van der Waals surface area (Å²) in [5.74, 6) is 0. The molecule has 0 radical (unpaired) electrons. The molecule has 2 rings (SSSR count). The van der Waals surface area contributed by atoms with Gasteiger partial charge in [0.05, 0.1) is 12.1 Å². The van der Waals surface area contributed by atoms with Crippen molar-refractivity contribution in [3.8, 4) is 0 Å². The van der Waals surface area contributed by atoms with Crippen molar-refractivity contribution in [2.45, 2.75) is 32.2 Å². The summed E-state index contributed by atoms with van der Waals surface area (Å²) < 4.78 is 5.46. The molecule has 1 aromatic rings. The van der Waals surface area contributed by atoms with E-state index in [2.05, 4.69) is 29.5 Å². The minimum absolute atomic E-state index is 0.0697. The number of thiazole rings is 1. The lowest BCUT2D eigenvalue weighted by molar-refractivity contribution is 0.0479. The first-order valence-corrected chi connectivity index (χ1v) is 7.81. The van der Waals surface area contributed by atoms with E-state index in [1.807, 2.05) is 11.6 Å². The van der Waals surface area contributed by atoms with Crippen LogP contribution in [0.15, 0.2) is 11.6 Å². The lowest BCUT2D eigenvalue weighted by Gasteiger charge is -2.39. The highest BCUT2D eigenvalue weighted by molar-refractivity contribution is 7.09. The topological polar surface area (TPSA) is 46.2 Å². The lowest BCUT2D eigenvalue weighted by Crippen LogP contribution is -2.50. The van der Waals surface area contributed by atoms with E-state index < -0.39 is 0 Å². The molecule has 1 aliphatic heterocycles. The van der Waals surface area contributed by atoms with Crippen LogP contribution in [0.5, 0.6) is 0 Å². The molecule has 1 aromatic heterocycles. The van der Waals surface area contributed by atoms with Gasteiger partial charge < -0.3 is 15.4 Å².